The minimum Gasteiger partial charge on any atom is -0.435 e. The Labute approximate surface area is 346 Å². The molecule has 0 aliphatic rings. The molecule has 0 bridgehead atoms. The molecule has 0 spiro atoms. The summed E-state index contributed by atoms with van der Waals surface area (Å²) in [5.74, 6) is -12.3. The molecule has 0 saturated carbocycles. The maximum absolute atomic E-state index is 15.3. The topological polar surface area (TPSA) is 109 Å². The minimum atomic E-state index is -2.75. The van der Waals surface area contributed by atoms with Crippen LogP contribution in [0.3, 0.4) is 0 Å². The number of thioether (sulfide) groups is 1. The molecular formula is C41H23BrF8N4O5S. The van der Waals surface area contributed by atoms with E-state index >= 15 is 8.78 Å². The van der Waals surface area contributed by atoms with Crippen LogP contribution < -0.4 is 18.9 Å². The summed E-state index contributed by atoms with van der Waals surface area (Å²) >= 11 is 4.58. The number of nitrogens with zero attached hydrogens (tertiary/aromatic N) is 4. The summed E-state index contributed by atoms with van der Waals surface area (Å²) in [5, 5.41) is 13.5. The summed E-state index contributed by atoms with van der Waals surface area (Å²) in [6.07, 6.45) is 2.66. The number of hydrogen-bond acceptors (Lipinski definition) is 10. The zero-order valence-corrected chi connectivity index (χ0v) is 32.8. The van der Waals surface area contributed by atoms with Gasteiger partial charge in [0.25, 0.3) is 0 Å². The van der Waals surface area contributed by atoms with Crippen LogP contribution in [0.25, 0.3) is 0 Å². The number of aliphatic hydroxyl groups is 1. The summed E-state index contributed by atoms with van der Waals surface area (Å²) in [6, 6.07) is 12.6. The van der Waals surface area contributed by atoms with Crippen molar-refractivity contribution in [1.29, 1.82) is 0 Å². The van der Waals surface area contributed by atoms with Crippen molar-refractivity contribution in [2.75, 3.05) is 6.26 Å². The second kappa shape index (κ2) is 17.1. The summed E-state index contributed by atoms with van der Waals surface area (Å²) in [6.45, 7) is 1.59. The van der Waals surface area contributed by atoms with Crippen molar-refractivity contribution in [2.24, 2.45) is 0 Å². The van der Waals surface area contributed by atoms with E-state index < -0.39 is 110 Å². The maximum Gasteiger partial charge on any atom is 0.325 e. The Kier molecular flexibility index (Phi) is 11.9. The number of aromatic nitrogens is 4. The van der Waals surface area contributed by atoms with E-state index in [1.165, 1.54) is 17.8 Å². The minimum absolute atomic E-state index is 0.00199. The summed E-state index contributed by atoms with van der Waals surface area (Å²) < 4.78 is 138. The van der Waals surface area contributed by atoms with Crippen LogP contribution in [0.4, 0.5) is 35.1 Å². The lowest BCUT2D eigenvalue weighted by molar-refractivity contribution is 0.113. The predicted octanol–water partition coefficient (Wildman–Crippen LogP) is 11.6. The van der Waals surface area contributed by atoms with Gasteiger partial charge in [-0.3, -0.25) is 0 Å². The van der Waals surface area contributed by atoms with Gasteiger partial charge in [0.15, 0.2) is 51.9 Å². The standard InChI is InChI=1S/C41H23BrF8N4O5S/c1-19-3-8-24(60-2)17-25(19)41(55,26-18-51-39(58-33-11-6-22(45)15-29(33)49)53-37(26)56-31-9-4-20(43)13-27(31)47)36-35(42)38(57-32-10-5-21(44)14-28(32)48)54-40(52-36)59-34-12-7-23(46)16-30(34)50/h3-18,55H,1-2H3. The number of halogens is 9. The van der Waals surface area contributed by atoms with E-state index in [4.69, 9.17) is 18.9 Å². The molecule has 2 heterocycles. The molecule has 2 aromatic heterocycles. The van der Waals surface area contributed by atoms with Crippen molar-refractivity contribution in [3.63, 3.8) is 0 Å². The third-order valence-corrected chi connectivity index (χ3v) is 9.93. The first-order valence-electron chi connectivity index (χ1n) is 17.0. The van der Waals surface area contributed by atoms with Crippen LogP contribution in [0, 0.1) is 53.5 Å². The monoisotopic (exact) mass is 914 g/mol. The first-order chi connectivity index (χ1) is 28.6. The van der Waals surface area contributed by atoms with E-state index in [0.29, 0.717) is 34.7 Å². The summed E-state index contributed by atoms with van der Waals surface area (Å²) in [5.41, 5.74) is -3.41. The van der Waals surface area contributed by atoms with Gasteiger partial charge in [-0.25, -0.2) is 40.1 Å². The van der Waals surface area contributed by atoms with E-state index in [0.717, 1.165) is 54.7 Å². The highest BCUT2D eigenvalue weighted by molar-refractivity contribution is 9.10. The third kappa shape index (κ3) is 8.68. The quantitative estimate of drug-likeness (QED) is 0.0940. The maximum atomic E-state index is 15.3. The van der Waals surface area contributed by atoms with E-state index in [-0.39, 0.29) is 10.0 Å². The van der Waals surface area contributed by atoms with Gasteiger partial charge in [-0.15, -0.1) is 11.8 Å². The van der Waals surface area contributed by atoms with Crippen LogP contribution >= 0.6 is 27.7 Å². The second-order valence-electron chi connectivity index (χ2n) is 12.4. The lowest BCUT2D eigenvalue weighted by Crippen LogP contribution is -2.33. The number of aryl methyl sites for hydroxylation is 1. The molecule has 60 heavy (non-hydrogen) atoms. The predicted molar refractivity (Wildman–Crippen MR) is 203 cm³/mol. The van der Waals surface area contributed by atoms with Crippen molar-refractivity contribution < 1.29 is 59.2 Å². The Bertz CT molecular complexity index is 2790. The molecule has 0 aliphatic carbocycles. The highest BCUT2D eigenvalue weighted by Gasteiger charge is 2.44. The number of benzene rings is 5. The van der Waals surface area contributed by atoms with Crippen LogP contribution in [-0.4, -0.2) is 31.3 Å². The van der Waals surface area contributed by atoms with Crippen molar-refractivity contribution >= 4 is 27.7 Å². The molecule has 1 unspecified atom stereocenters. The van der Waals surface area contributed by atoms with Crippen LogP contribution in [0.2, 0.25) is 0 Å². The van der Waals surface area contributed by atoms with E-state index in [9.17, 15) is 31.4 Å². The Morgan fingerprint density at radius 2 is 1.00 bits per heavy atom. The Morgan fingerprint density at radius 3 is 1.48 bits per heavy atom. The van der Waals surface area contributed by atoms with Gasteiger partial charge < -0.3 is 24.1 Å². The Morgan fingerprint density at radius 1 is 0.550 bits per heavy atom. The molecule has 0 radical (unpaired) electrons. The van der Waals surface area contributed by atoms with Gasteiger partial charge in [-0.1, -0.05) is 6.07 Å². The van der Waals surface area contributed by atoms with Crippen molar-refractivity contribution in [3.05, 3.63) is 171 Å². The van der Waals surface area contributed by atoms with E-state index in [1.54, 1.807) is 25.3 Å². The average Bonchev–Trinajstić information content (AvgIpc) is 3.20. The van der Waals surface area contributed by atoms with Crippen LogP contribution in [0.5, 0.6) is 46.8 Å². The molecule has 7 rings (SSSR count). The molecule has 1 N–H and O–H groups in total. The molecule has 306 valence electrons. The summed E-state index contributed by atoms with van der Waals surface area (Å²) in [4.78, 5) is 17.4. The molecule has 5 aromatic carbocycles. The number of rotatable bonds is 12. The molecule has 19 heteroatoms. The van der Waals surface area contributed by atoms with Crippen LogP contribution in [-0.2, 0) is 5.60 Å². The molecule has 9 nitrogen and oxygen atoms in total. The molecule has 0 amide bonds. The zero-order valence-electron chi connectivity index (χ0n) is 30.4. The first kappa shape index (κ1) is 41.8. The number of hydrogen-bond donors (Lipinski definition) is 1. The highest BCUT2D eigenvalue weighted by atomic mass is 79.9. The van der Waals surface area contributed by atoms with Crippen LogP contribution in [0.1, 0.15) is 22.4 Å². The molecular weight excluding hydrogens is 892 g/mol. The van der Waals surface area contributed by atoms with Gasteiger partial charge in [-0.2, -0.15) is 15.0 Å². The van der Waals surface area contributed by atoms with Crippen molar-refractivity contribution in [1.82, 2.24) is 19.9 Å². The molecule has 1 atom stereocenters. The fourth-order valence-corrected chi connectivity index (χ4v) is 6.63. The van der Waals surface area contributed by atoms with Gasteiger partial charge in [0.05, 0.1) is 5.56 Å². The third-order valence-electron chi connectivity index (χ3n) is 8.49. The number of ether oxygens (including phenoxy) is 4. The largest absolute Gasteiger partial charge is 0.435 e. The Balaban J connectivity index is 1.52. The molecule has 7 aromatic rings. The Hall–Kier alpha value is -6.31. The van der Waals surface area contributed by atoms with Gasteiger partial charge in [-0.05, 0) is 101 Å². The highest BCUT2D eigenvalue weighted by Crippen LogP contribution is 2.48. The smallest absolute Gasteiger partial charge is 0.325 e. The van der Waals surface area contributed by atoms with Crippen molar-refractivity contribution in [2.45, 2.75) is 17.4 Å². The van der Waals surface area contributed by atoms with Gasteiger partial charge in [0.2, 0.25) is 11.8 Å². The average molecular weight is 916 g/mol. The van der Waals surface area contributed by atoms with E-state index in [1.807, 2.05) is 0 Å². The molecule has 0 fully saturated rings. The first-order valence-corrected chi connectivity index (χ1v) is 19.0. The van der Waals surface area contributed by atoms with Gasteiger partial charge in [0, 0.05) is 35.4 Å². The second-order valence-corrected chi connectivity index (χ2v) is 14.1. The fourth-order valence-electron chi connectivity index (χ4n) is 5.64. The normalized spacial score (nSPS) is 12.2. The zero-order chi connectivity index (χ0) is 42.9. The molecule has 0 aliphatic heterocycles. The van der Waals surface area contributed by atoms with Gasteiger partial charge >= 0.3 is 12.0 Å². The van der Waals surface area contributed by atoms with Crippen molar-refractivity contribution in [3.8, 4) is 46.8 Å². The molecule has 0 saturated heterocycles. The SMILES string of the molecule is CSc1ccc(C)c(C(O)(c2cnc(Oc3ccc(F)cc3F)nc2Oc2ccc(F)cc2F)c2nc(Oc3ccc(F)cc3F)nc(Oc3ccc(F)cc3F)c2Br)c1. The fraction of sp³-hybridized carbons (Fsp3) is 0.0732. The van der Waals surface area contributed by atoms with E-state index in [2.05, 4.69) is 35.9 Å². The van der Waals surface area contributed by atoms with Crippen LogP contribution in [0.15, 0.2) is 107 Å². The lowest BCUT2D eigenvalue weighted by atomic mass is 9.82. The summed E-state index contributed by atoms with van der Waals surface area (Å²) in [7, 11) is 0. The lowest BCUT2D eigenvalue weighted by Gasteiger charge is -2.32. The van der Waals surface area contributed by atoms with Gasteiger partial charge in [0.1, 0.15) is 33.4 Å².